The quantitative estimate of drug-likeness (QED) is 0.467. The molecule has 0 saturated heterocycles. The molecule has 0 unspecified atom stereocenters. The molecule has 0 aliphatic carbocycles. The third-order valence-electron chi connectivity index (χ3n) is 0.763. The van der Waals surface area contributed by atoms with Crippen molar-refractivity contribution in [2.24, 2.45) is 5.73 Å². The molecule has 0 bridgehead atoms. The normalized spacial score (nSPS) is 12.8. The zero-order valence-electron chi connectivity index (χ0n) is 4.50. The molecule has 0 fully saturated rings. The summed E-state index contributed by atoms with van der Waals surface area (Å²) in [6.07, 6.45) is 1.10. The van der Waals surface area contributed by atoms with Gasteiger partial charge >= 0.3 is 0 Å². The third-order valence-corrected chi connectivity index (χ3v) is 0.763. The second-order valence-electron chi connectivity index (χ2n) is 1.40. The van der Waals surface area contributed by atoms with Gasteiger partial charge < -0.3 is 10.8 Å². The predicted octanol–water partition coefficient (Wildman–Crippen LogP) is -0.939. The Kier molecular flexibility index (Phi) is 3.07. The van der Waals surface area contributed by atoms with Crippen molar-refractivity contribution < 1.29 is 9.90 Å². The molecule has 0 saturated carbocycles. The predicted molar refractivity (Wildman–Crippen MR) is 30.3 cm³/mol. The molecule has 0 aliphatic rings. The van der Waals surface area contributed by atoms with E-state index in [1.54, 1.807) is 0 Å². The van der Waals surface area contributed by atoms with Crippen LogP contribution < -0.4 is 5.73 Å². The first kappa shape index (κ1) is 7.33. The van der Waals surface area contributed by atoms with Crippen LogP contribution in [0.25, 0.3) is 0 Å². The van der Waals surface area contributed by atoms with Crippen LogP contribution >= 0.6 is 0 Å². The lowest BCUT2D eigenvalue weighted by Crippen LogP contribution is -2.32. The molecule has 0 aromatic rings. The van der Waals surface area contributed by atoms with Crippen molar-refractivity contribution in [2.75, 3.05) is 6.61 Å². The largest absolute Gasteiger partial charge is 0.394 e. The molecule has 0 heterocycles. The Morgan fingerprint density at radius 1 is 2.00 bits per heavy atom. The van der Waals surface area contributed by atoms with Crippen molar-refractivity contribution in [1.29, 1.82) is 0 Å². The smallest absolute Gasteiger partial charge is 0.174 e. The minimum absolute atomic E-state index is 0.315. The number of aliphatic hydroxyl groups is 1. The summed E-state index contributed by atoms with van der Waals surface area (Å²) >= 11 is 0. The van der Waals surface area contributed by atoms with Crippen LogP contribution in [0.15, 0.2) is 12.7 Å². The Labute approximate surface area is 47.8 Å². The van der Waals surface area contributed by atoms with Gasteiger partial charge in [0.1, 0.15) is 0 Å². The highest BCUT2D eigenvalue weighted by Gasteiger charge is 2.05. The van der Waals surface area contributed by atoms with Crippen molar-refractivity contribution in [3.63, 3.8) is 0 Å². The molecule has 0 amide bonds. The fraction of sp³-hybridized carbons (Fsp3) is 0.400. The second-order valence-corrected chi connectivity index (χ2v) is 1.40. The van der Waals surface area contributed by atoms with Crippen molar-refractivity contribution >= 4 is 5.78 Å². The van der Waals surface area contributed by atoms with Gasteiger partial charge in [-0.25, -0.2) is 0 Å². The summed E-state index contributed by atoms with van der Waals surface area (Å²) in [5.41, 5.74) is 5.06. The van der Waals surface area contributed by atoms with Crippen LogP contribution in [0.1, 0.15) is 0 Å². The molecule has 0 radical (unpaired) electrons. The molecule has 0 spiro atoms. The Bertz CT molecular complexity index is 101. The highest BCUT2D eigenvalue weighted by Crippen LogP contribution is 1.78. The molecule has 0 aromatic heterocycles. The highest BCUT2D eigenvalue weighted by molar-refractivity contribution is 5.93. The van der Waals surface area contributed by atoms with Gasteiger partial charge in [-0.15, -0.1) is 0 Å². The monoisotopic (exact) mass is 115 g/mol. The maximum atomic E-state index is 10.3. The number of ketones is 1. The minimum Gasteiger partial charge on any atom is -0.394 e. The van der Waals surface area contributed by atoms with Gasteiger partial charge in [-0.2, -0.15) is 0 Å². The first-order chi connectivity index (χ1) is 3.72. The second kappa shape index (κ2) is 3.35. The molecule has 1 atom stereocenters. The van der Waals surface area contributed by atoms with Gasteiger partial charge in [-0.05, 0) is 6.08 Å². The van der Waals surface area contributed by atoms with E-state index in [1.165, 1.54) is 0 Å². The van der Waals surface area contributed by atoms with E-state index < -0.39 is 6.04 Å². The maximum Gasteiger partial charge on any atom is 0.174 e. The van der Waals surface area contributed by atoms with Crippen molar-refractivity contribution in [3.05, 3.63) is 12.7 Å². The van der Waals surface area contributed by atoms with E-state index in [-0.39, 0.29) is 12.4 Å². The van der Waals surface area contributed by atoms with Gasteiger partial charge in [-0.3, -0.25) is 4.79 Å². The van der Waals surface area contributed by atoms with E-state index in [2.05, 4.69) is 6.58 Å². The highest BCUT2D eigenvalue weighted by atomic mass is 16.3. The number of rotatable bonds is 3. The number of carbonyl (C=O) groups excluding carboxylic acids is 1. The van der Waals surface area contributed by atoms with Crippen LogP contribution in [-0.2, 0) is 4.79 Å². The summed E-state index contributed by atoms with van der Waals surface area (Å²) in [4.78, 5) is 10.3. The molecule has 0 rings (SSSR count). The molecular formula is C5H9NO2. The SMILES string of the molecule is C=CC(=O)[C@@H](N)CO. The average Bonchev–Trinajstić information content (AvgIpc) is 1.84. The van der Waals surface area contributed by atoms with Gasteiger partial charge in [0.05, 0.1) is 12.6 Å². The first-order valence-electron chi connectivity index (χ1n) is 2.25. The zero-order chi connectivity index (χ0) is 6.57. The number of hydrogen-bond acceptors (Lipinski definition) is 3. The fourth-order valence-corrected chi connectivity index (χ4v) is 0.241. The minimum atomic E-state index is -0.785. The fourth-order valence-electron chi connectivity index (χ4n) is 0.241. The Morgan fingerprint density at radius 2 is 2.50 bits per heavy atom. The maximum absolute atomic E-state index is 10.3. The topological polar surface area (TPSA) is 63.3 Å². The number of carbonyl (C=O) groups is 1. The van der Waals surface area contributed by atoms with Gasteiger partial charge in [0, 0.05) is 0 Å². The molecule has 8 heavy (non-hydrogen) atoms. The van der Waals surface area contributed by atoms with E-state index in [0.29, 0.717) is 0 Å². The summed E-state index contributed by atoms with van der Waals surface area (Å²) in [5, 5.41) is 8.24. The lowest BCUT2D eigenvalue weighted by Gasteiger charge is -1.99. The Balaban J connectivity index is 3.62. The molecule has 3 nitrogen and oxygen atoms in total. The number of aliphatic hydroxyl groups excluding tert-OH is 1. The van der Waals surface area contributed by atoms with Gasteiger partial charge in [0.15, 0.2) is 5.78 Å². The van der Waals surface area contributed by atoms with Crippen molar-refractivity contribution in [2.45, 2.75) is 6.04 Å². The van der Waals surface area contributed by atoms with Crippen LogP contribution in [0.5, 0.6) is 0 Å². The molecule has 46 valence electrons. The van der Waals surface area contributed by atoms with Gasteiger partial charge in [-0.1, -0.05) is 6.58 Å². The molecular weight excluding hydrogens is 106 g/mol. The third kappa shape index (κ3) is 1.86. The van der Waals surface area contributed by atoms with Crippen LogP contribution in [0, 0.1) is 0 Å². The Morgan fingerprint density at radius 3 is 2.62 bits per heavy atom. The first-order valence-corrected chi connectivity index (χ1v) is 2.25. The van der Waals surface area contributed by atoms with Gasteiger partial charge in [0.25, 0.3) is 0 Å². The number of nitrogens with two attached hydrogens (primary N) is 1. The van der Waals surface area contributed by atoms with Crippen molar-refractivity contribution in [1.82, 2.24) is 0 Å². The van der Waals surface area contributed by atoms with Gasteiger partial charge in [0.2, 0.25) is 0 Å². The standard InChI is InChI=1S/C5H9NO2/c1-2-5(8)4(6)3-7/h2,4,7H,1,3,6H2/t4-/m0/s1. The van der Waals surface area contributed by atoms with E-state index >= 15 is 0 Å². The van der Waals surface area contributed by atoms with E-state index in [1.807, 2.05) is 0 Å². The average molecular weight is 115 g/mol. The lowest BCUT2D eigenvalue weighted by molar-refractivity contribution is -0.116. The molecule has 0 aliphatic heterocycles. The Hall–Kier alpha value is -0.670. The molecule has 3 heteroatoms. The summed E-state index contributed by atoms with van der Waals surface area (Å²) in [6.45, 7) is 2.87. The van der Waals surface area contributed by atoms with Crippen LogP contribution in [0.3, 0.4) is 0 Å². The summed E-state index contributed by atoms with van der Waals surface area (Å²) in [5.74, 6) is -0.326. The summed E-state index contributed by atoms with van der Waals surface area (Å²) < 4.78 is 0. The van der Waals surface area contributed by atoms with Crippen LogP contribution in [-0.4, -0.2) is 23.5 Å². The lowest BCUT2D eigenvalue weighted by atomic mass is 10.2. The molecule has 0 aromatic carbocycles. The van der Waals surface area contributed by atoms with E-state index in [0.717, 1.165) is 6.08 Å². The summed E-state index contributed by atoms with van der Waals surface area (Å²) in [7, 11) is 0. The molecule has 3 N–H and O–H groups in total. The van der Waals surface area contributed by atoms with E-state index in [9.17, 15) is 4.79 Å². The van der Waals surface area contributed by atoms with Crippen LogP contribution in [0.2, 0.25) is 0 Å². The van der Waals surface area contributed by atoms with Crippen molar-refractivity contribution in [3.8, 4) is 0 Å². The van der Waals surface area contributed by atoms with Crippen LogP contribution in [0.4, 0.5) is 0 Å². The van der Waals surface area contributed by atoms with E-state index in [4.69, 9.17) is 10.8 Å². The summed E-state index contributed by atoms with van der Waals surface area (Å²) in [6, 6.07) is -0.785. The number of hydrogen-bond donors (Lipinski definition) is 2. The zero-order valence-corrected chi connectivity index (χ0v) is 4.50.